The number of carbonyl (C=O) groups is 2. The number of amides is 2. The Morgan fingerprint density at radius 1 is 1.29 bits per heavy atom. The second kappa shape index (κ2) is 7.53. The number of aliphatic hydroxyl groups is 1. The van der Waals surface area contributed by atoms with Crippen molar-refractivity contribution in [1.82, 2.24) is 10.2 Å². The quantitative estimate of drug-likeness (QED) is 0.878. The molecule has 1 heterocycles. The highest BCUT2D eigenvalue weighted by molar-refractivity contribution is 5.69. The van der Waals surface area contributed by atoms with E-state index in [1.165, 1.54) is 4.90 Å². The van der Waals surface area contributed by atoms with Gasteiger partial charge in [-0.2, -0.15) is 0 Å². The van der Waals surface area contributed by atoms with Crippen molar-refractivity contribution in [1.29, 1.82) is 0 Å². The fourth-order valence-corrected chi connectivity index (χ4v) is 2.16. The lowest BCUT2D eigenvalue weighted by Crippen LogP contribution is -2.53. The molecule has 0 aromatic heterocycles. The molecule has 1 aliphatic rings. The number of hydrogen-bond acceptors (Lipinski definition) is 5. The molecule has 2 amide bonds. The highest BCUT2D eigenvalue weighted by Gasteiger charge is 2.29. The Kier molecular flexibility index (Phi) is 5.66. The maximum atomic E-state index is 11.7. The maximum absolute atomic E-state index is 11.7. The topological polar surface area (TPSA) is 88.1 Å². The number of β-amino-alcohol motifs (C(OH)–C–C–N with tert-alkyl or cyclic N) is 1. The van der Waals surface area contributed by atoms with Gasteiger partial charge in [0, 0.05) is 6.54 Å². The Labute approximate surface area is 141 Å². The molecule has 0 bridgehead atoms. The third-order valence-corrected chi connectivity index (χ3v) is 3.31. The van der Waals surface area contributed by atoms with Crippen LogP contribution in [0.3, 0.4) is 0 Å². The third kappa shape index (κ3) is 5.73. The fourth-order valence-electron chi connectivity index (χ4n) is 2.16. The minimum atomic E-state index is -0.537. The molecule has 7 heteroatoms. The first-order valence-electron chi connectivity index (χ1n) is 7.87. The monoisotopic (exact) mass is 336 g/mol. The predicted octanol–water partition coefficient (Wildman–Crippen LogP) is 2.02. The van der Waals surface area contributed by atoms with Crippen LogP contribution in [0, 0.1) is 0 Å². The third-order valence-electron chi connectivity index (χ3n) is 3.31. The standard InChI is InChI=1S/C17H24N2O5/c1-17(2,3)24-15(21)18-8-12-5-4-6-13(7-12)11-23-16(22)19-9-14(20)10-19/h4-7,14,20H,8-11H2,1-3H3,(H,18,21). The van der Waals surface area contributed by atoms with Crippen LogP contribution in [0.4, 0.5) is 9.59 Å². The van der Waals surface area contributed by atoms with Crippen LogP contribution in [0.5, 0.6) is 0 Å². The van der Waals surface area contributed by atoms with E-state index in [1.807, 2.05) is 24.3 Å². The number of rotatable bonds is 4. The van der Waals surface area contributed by atoms with E-state index < -0.39 is 23.9 Å². The fraction of sp³-hybridized carbons (Fsp3) is 0.529. The summed E-state index contributed by atoms with van der Waals surface area (Å²) >= 11 is 0. The summed E-state index contributed by atoms with van der Waals surface area (Å²) in [7, 11) is 0. The zero-order valence-electron chi connectivity index (χ0n) is 14.2. The highest BCUT2D eigenvalue weighted by atomic mass is 16.6. The zero-order valence-corrected chi connectivity index (χ0v) is 14.2. The van der Waals surface area contributed by atoms with Crippen LogP contribution < -0.4 is 5.32 Å². The minimum Gasteiger partial charge on any atom is -0.445 e. The van der Waals surface area contributed by atoms with Gasteiger partial charge >= 0.3 is 12.2 Å². The number of aliphatic hydroxyl groups excluding tert-OH is 1. The molecule has 0 radical (unpaired) electrons. The molecule has 2 rings (SSSR count). The lowest BCUT2D eigenvalue weighted by Gasteiger charge is -2.34. The van der Waals surface area contributed by atoms with Gasteiger partial charge in [0.15, 0.2) is 0 Å². The SMILES string of the molecule is CC(C)(C)OC(=O)NCc1cccc(COC(=O)N2CC(O)C2)c1. The van der Waals surface area contributed by atoms with Gasteiger partial charge in [-0.15, -0.1) is 0 Å². The highest BCUT2D eigenvalue weighted by Crippen LogP contribution is 2.12. The van der Waals surface area contributed by atoms with Crippen molar-refractivity contribution < 1.29 is 24.2 Å². The van der Waals surface area contributed by atoms with Crippen molar-refractivity contribution in [2.24, 2.45) is 0 Å². The van der Waals surface area contributed by atoms with Crippen LogP contribution in [-0.4, -0.2) is 47.0 Å². The number of nitrogens with one attached hydrogen (secondary N) is 1. The number of benzene rings is 1. The Morgan fingerprint density at radius 2 is 1.96 bits per heavy atom. The van der Waals surface area contributed by atoms with Crippen LogP contribution in [0.1, 0.15) is 31.9 Å². The van der Waals surface area contributed by atoms with E-state index in [9.17, 15) is 9.59 Å². The van der Waals surface area contributed by atoms with E-state index in [4.69, 9.17) is 14.6 Å². The van der Waals surface area contributed by atoms with Gasteiger partial charge in [-0.3, -0.25) is 0 Å². The molecule has 132 valence electrons. The summed E-state index contributed by atoms with van der Waals surface area (Å²) in [5, 5.41) is 11.9. The average molecular weight is 336 g/mol. The molecule has 24 heavy (non-hydrogen) atoms. The van der Waals surface area contributed by atoms with Crippen molar-refractivity contribution in [3.8, 4) is 0 Å². The van der Waals surface area contributed by atoms with Crippen LogP contribution in [0.2, 0.25) is 0 Å². The Hall–Kier alpha value is -2.28. The van der Waals surface area contributed by atoms with Crippen molar-refractivity contribution in [2.75, 3.05) is 13.1 Å². The molecule has 1 aromatic carbocycles. The van der Waals surface area contributed by atoms with Gasteiger partial charge in [-0.1, -0.05) is 24.3 Å². The second-order valence-electron chi connectivity index (χ2n) is 6.79. The van der Waals surface area contributed by atoms with E-state index in [0.717, 1.165) is 11.1 Å². The van der Waals surface area contributed by atoms with E-state index in [-0.39, 0.29) is 6.61 Å². The average Bonchev–Trinajstić information content (AvgIpc) is 2.46. The number of carbonyl (C=O) groups excluding carboxylic acids is 2. The number of ether oxygens (including phenoxy) is 2. The Morgan fingerprint density at radius 3 is 2.58 bits per heavy atom. The second-order valence-corrected chi connectivity index (χ2v) is 6.79. The van der Waals surface area contributed by atoms with Crippen LogP contribution in [-0.2, 0) is 22.6 Å². The summed E-state index contributed by atoms with van der Waals surface area (Å²) in [5.74, 6) is 0. The van der Waals surface area contributed by atoms with Gasteiger partial charge < -0.3 is 24.8 Å². The number of alkyl carbamates (subject to hydrolysis) is 1. The van der Waals surface area contributed by atoms with E-state index in [0.29, 0.717) is 19.6 Å². The van der Waals surface area contributed by atoms with Crippen LogP contribution >= 0.6 is 0 Å². The van der Waals surface area contributed by atoms with E-state index in [1.54, 1.807) is 20.8 Å². The first-order chi connectivity index (χ1) is 11.2. The van der Waals surface area contributed by atoms with Gasteiger partial charge in [0.1, 0.15) is 12.2 Å². The van der Waals surface area contributed by atoms with Gasteiger partial charge in [0.05, 0.1) is 19.2 Å². The molecule has 1 aromatic rings. The van der Waals surface area contributed by atoms with Gasteiger partial charge in [-0.05, 0) is 31.9 Å². The lowest BCUT2D eigenvalue weighted by atomic mass is 10.1. The first kappa shape index (κ1) is 18.1. The largest absolute Gasteiger partial charge is 0.445 e. The Balaban J connectivity index is 1.78. The summed E-state index contributed by atoms with van der Waals surface area (Å²) in [5.41, 5.74) is 1.17. The summed E-state index contributed by atoms with van der Waals surface area (Å²) < 4.78 is 10.4. The number of nitrogens with zero attached hydrogens (tertiary/aromatic N) is 1. The van der Waals surface area contributed by atoms with Crippen LogP contribution in [0.25, 0.3) is 0 Å². The molecular formula is C17H24N2O5. The molecule has 0 atom stereocenters. The molecule has 1 fully saturated rings. The molecule has 0 spiro atoms. The van der Waals surface area contributed by atoms with Gasteiger partial charge in [0.2, 0.25) is 0 Å². The molecule has 7 nitrogen and oxygen atoms in total. The number of hydrogen-bond donors (Lipinski definition) is 2. The van der Waals surface area contributed by atoms with Crippen molar-refractivity contribution >= 4 is 12.2 Å². The van der Waals surface area contributed by atoms with E-state index >= 15 is 0 Å². The molecule has 1 saturated heterocycles. The van der Waals surface area contributed by atoms with Crippen molar-refractivity contribution in [3.05, 3.63) is 35.4 Å². The minimum absolute atomic E-state index is 0.145. The Bertz CT molecular complexity index is 591. The van der Waals surface area contributed by atoms with Crippen molar-refractivity contribution in [2.45, 2.75) is 45.6 Å². The summed E-state index contributed by atoms with van der Waals surface area (Å²) in [4.78, 5) is 24.8. The summed E-state index contributed by atoms with van der Waals surface area (Å²) in [6.45, 7) is 6.52. The first-order valence-corrected chi connectivity index (χ1v) is 7.87. The molecular weight excluding hydrogens is 312 g/mol. The molecule has 0 saturated carbocycles. The molecule has 2 N–H and O–H groups in total. The number of likely N-dealkylation sites (tertiary alicyclic amines) is 1. The summed E-state index contributed by atoms with van der Waals surface area (Å²) in [6.07, 6.45) is -1.35. The van der Waals surface area contributed by atoms with Crippen LogP contribution in [0.15, 0.2) is 24.3 Å². The predicted molar refractivity (Wildman–Crippen MR) is 87.3 cm³/mol. The van der Waals surface area contributed by atoms with Gasteiger partial charge in [-0.25, -0.2) is 9.59 Å². The molecule has 0 unspecified atom stereocenters. The molecule has 0 aliphatic carbocycles. The molecule has 1 aliphatic heterocycles. The maximum Gasteiger partial charge on any atom is 0.410 e. The lowest BCUT2D eigenvalue weighted by molar-refractivity contribution is -0.00405. The van der Waals surface area contributed by atoms with Gasteiger partial charge in [0.25, 0.3) is 0 Å². The van der Waals surface area contributed by atoms with Crippen molar-refractivity contribution in [3.63, 3.8) is 0 Å². The van der Waals surface area contributed by atoms with E-state index in [2.05, 4.69) is 5.32 Å². The summed E-state index contributed by atoms with van der Waals surface area (Å²) in [6, 6.07) is 7.40. The zero-order chi connectivity index (χ0) is 17.7. The normalized spacial score (nSPS) is 14.8. The smallest absolute Gasteiger partial charge is 0.410 e.